The zero-order chi connectivity index (χ0) is 17.9. The first-order valence-electron chi connectivity index (χ1n) is 8.91. The molecule has 1 saturated carbocycles. The van der Waals surface area contributed by atoms with E-state index in [1.54, 1.807) is 11.6 Å². The van der Waals surface area contributed by atoms with Crippen LogP contribution in [0.2, 0.25) is 0 Å². The lowest BCUT2D eigenvalue weighted by Crippen LogP contribution is -2.42. The van der Waals surface area contributed by atoms with Gasteiger partial charge in [-0.05, 0) is 42.2 Å². The van der Waals surface area contributed by atoms with Crippen molar-refractivity contribution in [3.05, 3.63) is 72.0 Å². The highest BCUT2D eigenvalue weighted by atomic mass is 16.5. The van der Waals surface area contributed by atoms with Crippen LogP contribution in [0.4, 0.5) is 0 Å². The molecule has 2 unspecified atom stereocenters. The quantitative estimate of drug-likeness (QED) is 0.417. The molecule has 4 rings (SSSR count). The standard InChI is InChI=1S/C20H22N4O2/c25-19(23-26)9-6-14-10-11-24-17(13-21-16-7-8-16)20(22-18(24)12-14)15-4-2-1-3-5-15/h1-6,9-12,16-17,20-21,26H,7-8,13H2,(H,23,25)/b9-6+. The SMILES string of the molecule is O=C(/C=C/C1=CC2=NC(c3ccccc3)C(CNC3CC3)N2C=C1)NO. The number of rotatable bonds is 6. The smallest absolute Gasteiger partial charge is 0.267 e. The highest BCUT2D eigenvalue weighted by Crippen LogP contribution is 2.34. The molecule has 0 saturated heterocycles. The Kier molecular flexibility index (Phi) is 4.69. The molecule has 0 aromatic heterocycles. The van der Waals surface area contributed by atoms with Crippen molar-refractivity contribution in [1.82, 2.24) is 15.7 Å². The van der Waals surface area contributed by atoms with Gasteiger partial charge >= 0.3 is 0 Å². The Morgan fingerprint density at radius 2 is 2.12 bits per heavy atom. The third kappa shape index (κ3) is 3.61. The summed E-state index contributed by atoms with van der Waals surface area (Å²) in [7, 11) is 0. The lowest BCUT2D eigenvalue weighted by atomic mass is 9.99. The highest BCUT2D eigenvalue weighted by molar-refractivity contribution is 5.98. The topological polar surface area (TPSA) is 77.0 Å². The number of carbonyl (C=O) groups is 1. The van der Waals surface area contributed by atoms with Crippen LogP contribution in [-0.2, 0) is 4.79 Å². The van der Waals surface area contributed by atoms with Crippen molar-refractivity contribution in [1.29, 1.82) is 0 Å². The maximum Gasteiger partial charge on any atom is 0.267 e. The minimum Gasteiger partial charge on any atom is -0.326 e. The summed E-state index contributed by atoms with van der Waals surface area (Å²) < 4.78 is 0. The molecule has 134 valence electrons. The van der Waals surface area contributed by atoms with Gasteiger partial charge in [-0.25, -0.2) is 5.48 Å². The summed E-state index contributed by atoms with van der Waals surface area (Å²) in [6.45, 7) is 0.882. The Labute approximate surface area is 152 Å². The van der Waals surface area contributed by atoms with Crippen LogP contribution in [0, 0.1) is 0 Å². The van der Waals surface area contributed by atoms with Crippen LogP contribution < -0.4 is 10.8 Å². The molecular weight excluding hydrogens is 328 g/mol. The van der Waals surface area contributed by atoms with Crippen LogP contribution >= 0.6 is 0 Å². The normalized spacial score (nSPS) is 24.4. The summed E-state index contributed by atoms with van der Waals surface area (Å²) >= 11 is 0. The molecule has 0 spiro atoms. The first-order chi connectivity index (χ1) is 12.7. The first kappa shape index (κ1) is 16.8. The van der Waals surface area contributed by atoms with E-state index >= 15 is 0 Å². The summed E-state index contributed by atoms with van der Waals surface area (Å²) in [5.41, 5.74) is 3.66. The van der Waals surface area contributed by atoms with Crippen LogP contribution in [0.15, 0.2) is 71.4 Å². The maximum atomic E-state index is 11.2. The van der Waals surface area contributed by atoms with Crippen molar-refractivity contribution in [3.8, 4) is 0 Å². The van der Waals surface area contributed by atoms with Gasteiger partial charge in [-0.3, -0.25) is 15.0 Å². The van der Waals surface area contributed by atoms with Crippen LogP contribution in [-0.4, -0.2) is 40.5 Å². The zero-order valence-electron chi connectivity index (χ0n) is 14.4. The molecule has 1 aromatic rings. The van der Waals surface area contributed by atoms with Crippen LogP contribution in [0.3, 0.4) is 0 Å². The van der Waals surface area contributed by atoms with Crippen molar-refractivity contribution in [2.45, 2.75) is 31.0 Å². The van der Waals surface area contributed by atoms with E-state index in [0.29, 0.717) is 6.04 Å². The van der Waals surface area contributed by atoms with Crippen LogP contribution in [0.5, 0.6) is 0 Å². The number of hydrogen-bond acceptors (Lipinski definition) is 5. The molecule has 1 fully saturated rings. The van der Waals surface area contributed by atoms with Gasteiger partial charge in [-0.15, -0.1) is 0 Å². The van der Waals surface area contributed by atoms with E-state index in [1.807, 2.05) is 36.6 Å². The van der Waals surface area contributed by atoms with Gasteiger partial charge in [0.15, 0.2) is 0 Å². The predicted octanol–water partition coefficient (Wildman–Crippen LogP) is 2.08. The monoisotopic (exact) mass is 350 g/mol. The highest BCUT2D eigenvalue weighted by Gasteiger charge is 2.37. The number of hydroxylamine groups is 1. The Bertz CT molecular complexity index is 793. The van der Waals surface area contributed by atoms with Crippen molar-refractivity contribution in [2.24, 2.45) is 4.99 Å². The van der Waals surface area contributed by atoms with E-state index < -0.39 is 5.91 Å². The average Bonchev–Trinajstić information content (AvgIpc) is 3.44. The molecule has 6 heteroatoms. The minimum atomic E-state index is -0.552. The zero-order valence-corrected chi connectivity index (χ0v) is 14.4. The second kappa shape index (κ2) is 7.27. The van der Waals surface area contributed by atoms with E-state index in [0.717, 1.165) is 18.0 Å². The van der Waals surface area contributed by atoms with E-state index in [9.17, 15) is 4.79 Å². The Balaban J connectivity index is 1.57. The van der Waals surface area contributed by atoms with Gasteiger partial charge in [0.1, 0.15) is 5.84 Å². The number of fused-ring (bicyclic) bond motifs is 1. The fourth-order valence-electron chi connectivity index (χ4n) is 3.32. The van der Waals surface area contributed by atoms with Gasteiger partial charge in [0.2, 0.25) is 0 Å². The number of nitrogens with zero attached hydrogens (tertiary/aromatic N) is 2. The number of hydrogen-bond donors (Lipinski definition) is 3. The third-order valence-electron chi connectivity index (χ3n) is 4.85. The fraction of sp³-hybridized carbons (Fsp3) is 0.300. The number of amides is 1. The molecule has 3 aliphatic rings. The number of amidine groups is 1. The summed E-state index contributed by atoms with van der Waals surface area (Å²) in [6.07, 6.45) is 11.4. The fourth-order valence-corrected chi connectivity index (χ4v) is 3.32. The van der Waals surface area contributed by atoms with E-state index in [2.05, 4.69) is 22.3 Å². The molecular formula is C20H22N4O2. The number of allylic oxidation sites excluding steroid dienone is 3. The van der Waals surface area contributed by atoms with Gasteiger partial charge in [-0.2, -0.15) is 0 Å². The van der Waals surface area contributed by atoms with Gasteiger partial charge in [-0.1, -0.05) is 30.3 Å². The Hall–Kier alpha value is -2.70. The number of aliphatic imine (C=N–C) groups is 1. The molecule has 6 nitrogen and oxygen atoms in total. The predicted molar refractivity (Wildman–Crippen MR) is 99.6 cm³/mol. The Morgan fingerprint density at radius 3 is 2.85 bits per heavy atom. The van der Waals surface area contributed by atoms with Gasteiger partial charge in [0.05, 0.1) is 12.1 Å². The summed E-state index contributed by atoms with van der Waals surface area (Å²) in [6, 6.07) is 11.3. The van der Waals surface area contributed by atoms with E-state index in [4.69, 9.17) is 10.2 Å². The first-order valence-corrected chi connectivity index (χ1v) is 8.91. The summed E-state index contributed by atoms with van der Waals surface area (Å²) in [4.78, 5) is 18.3. The van der Waals surface area contributed by atoms with Crippen molar-refractivity contribution >= 4 is 11.7 Å². The molecule has 2 atom stereocenters. The van der Waals surface area contributed by atoms with Crippen molar-refractivity contribution in [2.75, 3.05) is 6.54 Å². The number of carbonyl (C=O) groups excluding carboxylic acids is 1. The van der Waals surface area contributed by atoms with Gasteiger partial charge in [0.25, 0.3) is 5.91 Å². The maximum absolute atomic E-state index is 11.2. The summed E-state index contributed by atoms with van der Waals surface area (Å²) in [5, 5.41) is 12.2. The molecule has 26 heavy (non-hydrogen) atoms. The van der Waals surface area contributed by atoms with E-state index in [1.165, 1.54) is 24.5 Å². The van der Waals surface area contributed by atoms with Crippen LogP contribution in [0.1, 0.15) is 24.4 Å². The molecule has 1 aliphatic carbocycles. The molecule has 1 aromatic carbocycles. The van der Waals surface area contributed by atoms with Crippen molar-refractivity contribution in [3.63, 3.8) is 0 Å². The second-order valence-corrected chi connectivity index (χ2v) is 6.77. The molecule has 2 aliphatic heterocycles. The van der Waals surface area contributed by atoms with Gasteiger partial charge < -0.3 is 10.2 Å². The lowest BCUT2D eigenvalue weighted by molar-refractivity contribution is -0.124. The van der Waals surface area contributed by atoms with Crippen LogP contribution in [0.25, 0.3) is 0 Å². The Morgan fingerprint density at radius 1 is 1.31 bits per heavy atom. The molecule has 2 heterocycles. The molecule has 1 amide bonds. The van der Waals surface area contributed by atoms with E-state index in [-0.39, 0.29) is 12.1 Å². The minimum absolute atomic E-state index is 0.0717. The largest absolute Gasteiger partial charge is 0.326 e. The molecule has 3 N–H and O–H groups in total. The average molecular weight is 350 g/mol. The molecule has 0 bridgehead atoms. The summed E-state index contributed by atoms with van der Waals surface area (Å²) in [5.74, 6) is 0.344. The number of benzene rings is 1. The molecule has 0 radical (unpaired) electrons. The van der Waals surface area contributed by atoms with Gasteiger partial charge in [0, 0.05) is 24.9 Å². The second-order valence-electron chi connectivity index (χ2n) is 6.77. The number of nitrogens with one attached hydrogen (secondary N) is 2. The lowest BCUT2D eigenvalue weighted by Gasteiger charge is -2.29. The third-order valence-corrected chi connectivity index (χ3v) is 4.85. The van der Waals surface area contributed by atoms with Crippen molar-refractivity contribution < 1.29 is 10.0 Å².